The number of nitrogens with one attached hydrogen (secondary N) is 2. The Morgan fingerprint density at radius 3 is 1.90 bits per heavy atom. The maximum absolute atomic E-state index is 13.1. The van der Waals surface area contributed by atoms with E-state index in [0.29, 0.717) is 12.8 Å². The summed E-state index contributed by atoms with van der Waals surface area (Å²) in [5.74, 6) is -1.60. The fourth-order valence-electron chi connectivity index (χ4n) is 4.66. The summed E-state index contributed by atoms with van der Waals surface area (Å²) >= 11 is 0. The van der Waals surface area contributed by atoms with Gasteiger partial charge in [-0.15, -0.1) is 0 Å². The largest absolute Gasteiger partial charge is 0.467 e. The maximum Gasteiger partial charge on any atom is 0.328 e. The Hall–Kier alpha value is -2.90. The van der Waals surface area contributed by atoms with Crippen LogP contribution in [-0.4, -0.2) is 42.9 Å². The molecule has 2 N–H and O–H groups in total. The zero-order chi connectivity index (χ0) is 30.3. The van der Waals surface area contributed by atoms with Crippen molar-refractivity contribution in [2.75, 3.05) is 7.11 Å². The third-order valence-corrected chi connectivity index (χ3v) is 7.05. The number of esters is 2. The van der Waals surface area contributed by atoms with Crippen molar-refractivity contribution in [3.05, 3.63) is 35.9 Å². The molecule has 8 nitrogen and oxygen atoms in total. The van der Waals surface area contributed by atoms with Gasteiger partial charge in [0.05, 0.1) is 7.11 Å². The number of ether oxygens (including phenoxy) is 2. The van der Waals surface area contributed by atoms with E-state index in [4.69, 9.17) is 9.47 Å². The molecular formula is C33H54N2O6. The molecule has 0 aliphatic carbocycles. The molecule has 41 heavy (non-hydrogen) atoms. The summed E-state index contributed by atoms with van der Waals surface area (Å²) in [7, 11) is 1.23. The summed E-state index contributed by atoms with van der Waals surface area (Å²) in [6.45, 7) is 6.31. The van der Waals surface area contributed by atoms with E-state index in [1.165, 1.54) is 58.5 Å². The third kappa shape index (κ3) is 18.2. The highest BCUT2D eigenvalue weighted by Gasteiger charge is 2.28. The van der Waals surface area contributed by atoms with Crippen molar-refractivity contribution < 1.29 is 28.7 Å². The lowest BCUT2D eigenvalue weighted by Gasteiger charge is -2.23. The highest BCUT2D eigenvalue weighted by molar-refractivity contribution is 5.90. The monoisotopic (exact) mass is 574 g/mol. The Balaban J connectivity index is 2.45. The molecule has 0 saturated heterocycles. The number of hydrogen-bond acceptors (Lipinski definition) is 6. The molecule has 1 aromatic rings. The van der Waals surface area contributed by atoms with Gasteiger partial charge in [0.15, 0.2) is 0 Å². The Labute approximate surface area is 247 Å². The predicted molar refractivity (Wildman–Crippen MR) is 162 cm³/mol. The van der Waals surface area contributed by atoms with Gasteiger partial charge in [-0.25, -0.2) is 4.79 Å². The molecule has 0 aromatic heterocycles. The Bertz CT molecular complexity index is 874. The minimum absolute atomic E-state index is 0.0348. The molecule has 232 valence electrons. The molecule has 0 aliphatic heterocycles. The Morgan fingerprint density at radius 1 is 0.756 bits per heavy atom. The van der Waals surface area contributed by atoms with Gasteiger partial charge in [0, 0.05) is 12.8 Å². The van der Waals surface area contributed by atoms with Crippen molar-refractivity contribution in [1.29, 1.82) is 0 Å². The number of amides is 2. The van der Waals surface area contributed by atoms with E-state index >= 15 is 0 Å². The van der Waals surface area contributed by atoms with Gasteiger partial charge in [-0.3, -0.25) is 14.4 Å². The molecule has 0 saturated carbocycles. The Kier molecular flexibility index (Phi) is 20.0. The van der Waals surface area contributed by atoms with Crippen LogP contribution in [-0.2, 0) is 35.3 Å². The fraction of sp³-hybridized carbons (Fsp3) is 0.697. The van der Waals surface area contributed by atoms with Gasteiger partial charge in [-0.1, -0.05) is 115 Å². The molecule has 8 heteroatoms. The van der Waals surface area contributed by atoms with Crippen molar-refractivity contribution in [3.63, 3.8) is 0 Å². The van der Waals surface area contributed by atoms with Gasteiger partial charge in [-0.05, 0) is 30.7 Å². The smallest absolute Gasteiger partial charge is 0.328 e. The number of carbonyl (C=O) groups excluding carboxylic acids is 4. The molecule has 0 heterocycles. The van der Waals surface area contributed by atoms with Crippen molar-refractivity contribution in [3.8, 4) is 0 Å². The zero-order valence-corrected chi connectivity index (χ0v) is 25.9. The van der Waals surface area contributed by atoms with Gasteiger partial charge in [0.1, 0.15) is 18.7 Å². The quantitative estimate of drug-likeness (QED) is 0.116. The van der Waals surface area contributed by atoms with Crippen molar-refractivity contribution >= 4 is 23.8 Å². The molecule has 1 rings (SSSR count). The molecule has 0 unspecified atom stereocenters. The number of methoxy groups -OCH3 is 1. The van der Waals surface area contributed by atoms with Crippen molar-refractivity contribution in [1.82, 2.24) is 10.6 Å². The second-order valence-electron chi connectivity index (χ2n) is 11.3. The number of carbonyl (C=O) groups is 4. The Morgan fingerprint density at radius 2 is 1.34 bits per heavy atom. The van der Waals surface area contributed by atoms with E-state index in [-0.39, 0.29) is 31.3 Å². The third-order valence-electron chi connectivity index (χ3n) is 7.05. The first-order chi connectivity index (χ1) is 19.8. The molecule has 0 bridgehead atoms. The molecule has 0 fully saturated rings. The number of rotatable bonds is 23. The van der Waals surface area contributed by atoms with E-state index in [0.717, 1.165) is 24.8 Å². The molecule has 2 atom stereocenters. The normalized spacial score (nSPS) is 12.4. The van der Waals surface area contributed by atoms with Crippen molar-refractivity contribution in [2.24, 2.45) is 5.92 Å². The summed E-state index contributed by atoms with van der Waals surface area (Å²) in [6.07, 6.45) is 14.0. The summed E-state index contributed by atoms with van der Waals surface area (Å²) in [5.41, 5.74) is 0.860. The lowest BCUT2D eigenvalue weighted by Crippen LogP contribution is -2.52. The van der Waals surface area contributed by atoms with E-state index in [2.05, 4.69) is 17.6 Å². The second kappa shape index (κ2) is 22.8. The summed E-state index contributed by atoms with van der Waals surface area (Å²) < 4.78 is 10.1. The van der Waals surface area contributed by atoms with Gasteiger partial charge >= 0.3 is 11.9 Å². The van der Waals surface area contributed by atoms with Crippen molar-refractivity contribution in [2.45, 2.75) is 136 Å². The first kappa shape index (κ1) is 36.1. The van der Waals surface area contributed by atoms with Crippen LogP contribution >= 0.6 is 0 Å². The van der Waals surface area contributed by atoms with Crippen LogP contribution in [0.2, 0.25) is 0 Å². The van der Waals surface area contributed by atoms with E-state index in [9.17, 15) is 19.2 Å². The van der Waals surface area contributed by atoms with Crippen LogP contribution < -0.4 is 10.6 Å². The van der Waals surface area contributed by atoms with Crippen LogP contribution in [0.5, 0.6) is 0 Å². The van der Waals surface area contributed by atoms with Crippen LogP contribution in [0.1, 0.15) is 123 Å². The SMILES string of the molecule is CCCCCCCCCCCCCC(=O)N[C@@H](CC(C)C)C(=O)N[C@H](CCC(=O)OCc1ccccc1)C(=O)OC. The van der Waals surface area contributed by atoms with E-state index < -0.39 is 29.9 Å². The summed E-state index contributed by atoms with van der Waals surface area (Å²) in [6, 6.07) is 7.51. The van der Waals surface area contributed by atoms with E-state index in [1.807, 2.05) is 44.2 Å². The zero-order valence-electron chi connectivity index (χ0n) is 25.9. The van der Waals surface area contributed by atoms with Crippen LogP contribution in [0.15, 0.2) is 30.3 Å². The van der Waals surface area contributed by atoms with E-state index in [1.54, 1.807) is 0 Å². The van der Waals surface area contributed by atoms with Gasteiger partial charge in [0.2, 0.25) is 11.8 Å². The molecule has 0 radical (unpaired) electrons. The molecular weight excluding hydrogens is 520 g/mol. The average Bonchev–Trinajstić information content (AvgIpc) is 2.96. The molecule has 0 spiro atoms. The number of hydrogen-bond donors (Lipinski definition) is 2. The summed E-state index contributed by atoms with van der Waals surface area (Å²) in [5, 5.41) is 5.54. The summed E-state index contributed by atoms with van der Waals surface area (Å²) in [4.78, 5) is 50.3. The minimum atomic E-state index is -1.02. The van der Waals surface area contributed by atoms with Crippen LogP contribution in [0.3, 0.4) is 0 Å². The minimum Gasteiger partial charge on any atom is -0.467 e. The fourth-order valence-corrected chi connectivity index (χ4v) is 4.66. The lowest BCUT2D eigenvalue weighted by atomic mass is 10.0. The highest BCUT2D eigenvalue weighted by atomic mass is 16.5. The highest BCUT2D eigenvalue weighted by Crippen LogP contribution is 2.13. The maximum atomic E-state index is 13.1. The lowest BCUT2D eigenvalue weighted by molar-refractivity contribution is -0.148. The van der Waals surface area contributed by atoms with Crippen LogP contribution in [0.4, 0.5) is 0 Å². The standard InChI is InChI=1S/C33H54N2O6/c1-5-6-7-8-9-10-11-12-13-14-18-21-30(36)34-29(24-26(2)3)32(38)35-28(33(39)40-4)22-23-31(37)41-25-27-19-16-15-17-20-27/h15-17,19-20,26,28-29H,5-14,18,21-25H2,1-4H3,(H,34,36)(H,35,38)/t28-,29+/m1/s1. The molecule has 1 aromatic carbocycles. The van der Waals surface area contributed by atoms with Gasteiger partial charge in [0.25, 0.3) is 0 Å². The first-order valence-electron chi connectivity index (χ1n) is 15.6. The second-order valence-corrected chi connectivity index (χ2v) is 11.3. The predicted octanol–water partition coefficient (Wildman–Crippen LogP) is 6.40. The van der Waals surface area contributed by atoms with Crippen LogP contribution in [0, 0.1) is 5.92 Å². The van der Waals surface area contributed by atoms with Gasteiger partial charge < -0.3 is 20.1 Å². The topological polar surface area (TPSA) is 111 Å². The molecule has 0 aliphatic rings. The molecule has 2 amide bonds. The first-order valence-corrected chi connectivity index (χ1v) is 15.6. The number of unbranched alkanes of at least 4 members (excludes halogenated alkanes) is 10. The van der Waals surface area contributed by atoms with Gasteiger partial charge in [-0.2, -0.15) is 0 Å². The van der Waals surface area contributed by atoms with Crippen LogP contribution in [0.25, 0.3) is 0 Å². The average molecular weight is 575 g/mol. The number of benzene rings is 1.